The normalized spacial score (nSPS) is 26.4. The molecule has 2 aliphatic heterocycles. The zero-order valence-corrected chi connectivity index (χ0v) is 14.8. The fourth-order valence-corrected chi connectivity index (χ4v) is 4.24. The van der Waals surface area contributed by atoms with Crippen molar-refractivity contribution in [3.05, 3.63) is 29.8 Å². The van der Waals surface area contributed by atoms with Gasteiger partial charge in [-0.25, -0.2) is 0 Å². The molecule has 0 radical (unpaired) electrons. The lowest BCUT2D eigenvalue weighted by Crippen LogP contribution is -2.41. The molecule has 1 aliphatic carbocycles. The molecule has 1 saturated carbocycles. The van der Waals surface area contributed by atoms with Crippen molar-refractivity contribution in [3.63, 3.8) is 0 Å². The highest BCUT2D eigenvalue weighted by Crippen LogP contribution is 2.34. The summed E-state index contributed by atoms with van der Waals surface area (Å²) in [6.45, 7) is 1.46. The average molecular weight is 342 g/mol. The third kappa shape index (κ3) is 3.37. The van der Waals surface area contributed by atoms with Crippen LogP contribution in [-0.4, -0.2) is 53.9 Å². The molecule has 25 heavy (non-hydrogen) atoms. The van der Waals surface area contributed by atoms with E-state index in [9.17, 15) is 9.59 Å². The number of nitrogens with zero attached hydrogens (tertiary/aromatic N) is 2. The van der Waals surface area contributed by atoms with Gasteiger partial charge in [0.05, 0.1) is 13.0 Å². The predicted molar refractivity (Wildman–Crippen MR) is 94.3 cm³/mol. The van der Waals surface area contributed by atoms with Crippen molar-refractivity contribution in [3.8, 4) is 5.75 Å². The number of ether oxygens (including phenoxy) is 1. The van der Waals surface area contributed by atoms with Gasteiger partial charge in [-0.1, -0.05) is 12.1 Å². The second-order valence-corrected chi connectivity index (χ2v) is 7.56. The quantitative estimate of drug-likeness (QED) is 0.825. The smallest absolute Gasteiger partial charge is 0.228 e. The van der Waals surface area contributed by atoms with Crippen LogP contribution in [0.25, 0.3) is 0 Å². The lowest BCUT2D eigenvalue weighted by molar-refractivity contribution is -0.136. The molecule has 5 nitrogen and oxygen atoms in total. The van der Waals surface area contributed by atoms with E-state index >= 15 is 0 Å². The molecule has 2 amide bonds. The van der Waals surface area contributed by atoms with Gasteiger partial charge in [0.15, 0.2) is 0 Å². The lowest BCUT2D eigenvalue weighted by Gasteiger charge is -2.27. The summed E-state index contributed by atoms with van der Waals surface area (Å²) in [6, 6.07) is 8.77. The number of hydrogen-bond donors (Lipinski definition) is 0. The van der Waals surface area contributed by atoms with E-state index in [2.05, 4.69) is 12.1 Å². The second kappa shape index (κ2) is 6.70. The Morgan fingerprint density at radius 2 is 1.96 bits per heavy atom. The van der Waals surface area contributed by atoms with E-state index < -0.39 is 0 Å². The lowest BCUT2D eigenvalue weighted by atomic mass is 10.0. The molecule has 134 valence electrons. The summed E-state index contributed by atoms with van der Waals surface area (Å²) in [5, 5.41) is 0. The molecule has 1 aromatic rings. The molecular formula is C20H26N2O3. The number of likely N-dealkylation sites (tertiary alicyclic amines) is 2. The number of carbonyl (C=O) groups excluding carboxylic acids is 2. The summed E-state index contributed by atoms with van der Waals surface area (Å²) < 4.78 is 5.21. The first-order valence-electron chi connectivity index (χ1n) is 9.38. The Bertz CT molecular complexity index is 653. The number of methoxy groups -OCH3 is 1. The first kappa shape index (κ1) is 16.4. The minimum Gasteiger partial charge on any atom is -0.497 e. The number of amides is 2. The average Bonchev–Trinajstić information content (AvgIpc) is 3.24. The standard InChI is InChI=1S/C20H26N2O3/c1-25-18-8-4-14(5-9-18)11-17-3-2-10-21(17)20(24)15-12-19(23)22(13-15)16-6-7-16/h4-5,8-9,15-17H,2-3,6-7,10-13H2,1H3/t15-,17-/m1/s1. The third-order valence-electron chi connectivity index (χ3n) is 5.79. The van der Waals surface area contributed by atoms with Crippen LogP contribution in [-0.2, 0) is 16.0 Å². The Morgan fingerprint density at radius 3 is 2.64 bits per heavy atom. The van der Waals surface area contributed by atoms with E-state index in [0.717, 1.165) is 44.4 Å². The maximum atomic E-state index is 13.0. The topological polar surface area (TPSA) is 49.9 Å². The van der Waals surface area contributed by atoms with E-state index in [4.69, 9.17) is 4.74 Å². The van der Waals surface area contributed by atoms with Crippen molar-refractivity contribution in [2.24, 2.45) is 5.92 Å². The van der Waals surface area contributed by atoms with Gasteiger partial charge in [-0.3, -0.25) is 9.59 Å². The van der Waals surface area contributed by atoms with E-state index in [1.54, 1.807) is 7.11 Å². The van der Waals surface area contributed by atoms with Crippen LogP contribution in [0.5, 0.6) is 5.75 Å². The van der Waals surface area contributed by atoms with Gasteiger partial charge >= 0.3 is 0 Å². The molecule has 1 aromatic carbocycles. The molecule has 4 rings (SSSR count). The van der Waals surface area contributed by atoms with Gasteiger partial charge in [-0.15, -0.1) is 0 Å². The van der Waals surface area contributed by atoms with Crippen LogP contribution in [0.4, 0.5) is 0 Å². The highest BCUT2D eigenvalue weighted by molar-refractivity contribution is 5.89. The number of benzene rings is 1. The highest BCUT2D eigenvalue weighted by atomic mass is 16.5. The van der Waals surface area contributed by atoms with E-state index in [-0.39, 0.29) is 23.8 Å². The summed E-state index contributed by atoms with van der Waals surface area (Å²) in [5.74, 6) is 1.08. The first-order chi connectivity index (χ1) is 12.2. The number of hydrogen-bond acceptors (Lipinski definition) is 3. The van der Waals surface area contributed by atoms with Crippen molar-refractivity contribution < 1.29 is 14.3 Å². The summed E-state index contributed by atoms with van der Waals surface area (Å²) in [4.78, 5) is 29.2. The van der Waals surface area contributed by atoms with Crippen molar-refractivity contribution >= 4 is 11.8 Å². The van der Waals surface area contributed by atoms with Gasteiger partial charge in [0, 0.05) is 31.6 Å². The van der Waals surface area contributed by atoms with Gasteiger partial charge < -0.3 is 14.5 Å². The predicted octanol–water partition coefficient (Wildman–Crippen LogP) is 2.24. The maximum absolute atomic E-state index is 13.0. The summed E-state index contributed by atoms with van der Waals surface area (Å²) in [5.41, 5.74) is 1.23. The molecule has 3 fully saturated rings. The van der Waals surface area contributed by atoms with Crippen molar-refractivity contribution in [2.75, 3.05) is 20.2 Å². The van der Waals surface area contributed by atoms with Crippen LogP contribution in [0, 0.1) is 5.92 Å². The van der Waals surface area contributed by atoms with Gasteiger partial charge in [0.2, 0.25) is 11.8 Å². The van der Waals surface area contributed by atoms with Crippen LogP contribution in [0.2, 0.25) is 0 Å². The van der Waals surface area contributed by atoms with E-state index in [1.165, 1.54) is 5.56 Å². The largest absolute Gasteiger partial charge is 0.497 e. The number of rotatable bonds is 5. The Kier molecular flexibility index (Phi) is 4.40. The summed E-state index contributed by atoms with van der Waals surface area (Å²) in [7, 11) is 1.67. The SMILES string of the molecule is COc1ccc(C[C@H]2CCCN2C(=O)[C@@H]2CC(=O)N(C3CC3)C2)cc1. The van der Waals surface area contributed by atoms with E-state index in [1.807, 2.05) is 21.9 Å². The fourth-order valence-electron chi connectivity index (χ4n) is 4.24. The molecule has 3 aliphatic rings. The van der Waals surface area contributed by atoms with Crippen LogP contribution in [0.15, 0.2) is 24.3 Å². The molecule has 0 spiro atoms. The molecule has 0 bridgehead atoms. The molecule has 0 aromatic heterocycles. The van der Waals surface area contributed by atoms with Crippen LogP contribution >= 0.6 is 0 Å². The molecule has 2 saturated heterocycles. The zero-order chi connectivity index (χ0) is 17.4. The maximum Gasteiger partial charge on any atom is 0.228 e. The minimum absolute atomic E-state index is 0.135. The highest BCUT2D eigenvalue weighted by Gasteiger charge is 2.44. The monoisotopic (exact) mass is 342 g/mol. The molecule has 0 N–H and O–H groups in total. The van der Waals surface area contributed by atoms with Crippen molar-refractivity contribution in [1.29, 1.82) is 0 Å². The van der Waals surface area contributed by atoms with Gasteiger partial charge in [-0.2, -0.15) is 0 Å². The molecule has 2 heterocycles. The summed E-state index contributed by atoms with van der Waals surface area (Å²) >= 11 is 0. The van der Waals surface area contributed by atoms with Gasteiger partial charge in [0.25, 0.3) is 0 Å². The minimum atomic E-state index is -0.135. The van der Waals surface area contributed by atoms with Gasteiger partial charge in [-0.05, 0) is 49.8 Å². The zero-order valence-electron chi connectivity index (χ0n) is 14.8. The molecule has 5 heteroatoms. The van der Waals surface area contributed by atoms with Crippen LogP contribution in [0.3, 0.4) is 0 Å². The Balaban J connectivity index is 1.40. The summed E-state index contributed by atoms with van der Waals surface area (Å²) in [6.07, 6.45) is 5.60. The van der Waals surface area contributed by atoms with Crippen molar-refractivity contribution in [1.82, 2.24) is 9.80 Å². The molecule has 0 unspecified atom stereocenters. The van der Waals surface area contributed by atoms with Crippen LogP contribution in [0.1, 0.15) is 37.7 Å². The fraction of sp³-hybridized carbons (Fsp3) is 0.600. The Morgan fingerprint density at radius 1 is 1.20 bits per heavy atom. The second-order valence-electron chi connectivity index (χ2n) is 7.56. The van der Waals surface area contributed by atoms with Crippen LogP contribution < -0.4 is 4.74 Å². The molecule has 2 atom stereocenters. The van der Waals surface area contributed by atoms with Crippen molar-refractivity contribution in [2.45, 2.75) is 50.6 Å². The molecular weight excluding hydrogens is 316 g/mol. The number of carbonyl (C=O) groups is 2. The third-order valence-corrected chi connectivity index (χ3v) is 5.79. The Labute approximate surface area is 148 Å². The van der Waals surface area contributed by atoms with E-state index in [0.29, 0.717) is 19.0 Å². The Hall–Kier alpha value is -2.04. The first-order valence-corrected chi connectivity index (χ1v) is 9.38. The van der Waals surface area contributed by atoms with Gasteiger partial charge in [0.1, 0.15) is 5.75 Å².